The largest absolute Gasteiger partial charge is 0.313 e. The highest BCUT2D eigenvalue weighted by molar-refractivity contribution is 5.85. The lowest BCUT2D eigenvalue weighted by Crippen LogP contribution is -2.16. The average molecular weight is 319 g/mol. The second-order valence-corrected chi connectivity index (χ2v) is 5.39. The zero-order chi connectivity index (χ0) is 14.6. The highest BCUT2D eigenvalue weighted by Gasteiger charge is 1.93. The molecule has 2 N–H and O–H groups in total. The van der Waals surface area contributed by atoms with Crippen molar-refractivity contribution in [1.29, 1.82) is 0 Å². The van der Waals surface area contributed by atoms with Crippen LogP contribution in [0.3, 0.4) is 0 Å². The molecule has 0 spiro atoms. The third kappa shape index (κ3) is 8.18. The SMILES string of the molecule is Cl.c1ccc(CNCCCCCNCc2ccccc2)cc1. The lowest BCUT2D eigenvalue weighted by atomic mass is 10.2. The lowest BCUT2D eigenvalue weighted by molar-refractivity contribution is 0.572. The van der Waals surface area contributed by atoms with E-state index in [-0.39, 0.29) is 12.4 Å². The highest BCUT2D eigenvalue weighted by atomic mass is 35.5. The predicted molar refractivity (Wildman–Crippen MR) is 97.4 cm³/mol. The van der Waals surface area contributed by atoms with E-state index in [1.165, 1.54) is 30.4 Å². The summed E-state index contributed by atoms with van der Waals surface area (Å²) in [4.78, 5) is 0. The molecule has 0 saturated heterocycles. The predicted octanol–water partition coefficient (Wildman–Crippen LogP) is 4.16. The van der Waals surface area contributed by atoms with Gasteiger partial charge in [0.2, 0.25) is 0 Å². The van der Waals surface area contributed by atoms with Gasteiger partial charge < -0.3 is 10.6 Å². The fraction of sp³-hybridized carbons (Fsp3) is 0.368. The van der Waals surface area contributed by atoms with Gasteiger partial charge in [0.25, 0.3) is 0 Å². The van der Waals surface area contributed by atoms with Crippen molar-refractivity contribution in [2.24, 2.45) is 0 Å². The van der Waals surface area contributed by atoms with Crippen LogP contribution in [0, 0.1) is 0 Å². The summed E-state index contributed by atoms with van der Waals surface area (Å²) in [5, 5.41) is 7.00. The highest BCUT2D eigenvalue weighted by Crippen LogP contribution is 1.99. The summed E-state index contributed by atoms with van der Waals surface area (Å²) >= 11 is 0. The normalized spacial score (nSPS) is 10.2. The van der Waals surface area contributed by atoms with Crippen LogP contribution in [0.4, 0.5) is 0 Å². The van der Waals surface area contributed by atoms with Gasteiger partial charge in [0.1, 0.15) is 0 Å². The van der Waals surface area contributed by atoms with Gasteiger partial charge in [-0.15, -0.1) is 12.4 Å². The van der Waals surface area contributed by atoms with Gasteiger partial charge in [-0.1, -0.05) is 67.1 Å². The van der Waals surface area contributed by atoms with Crippen LogP contribution in [-0.4, -0.2) is 13.1 Å². The van der Waals surface area contributed by atoms with Crippen LogP contribution in [-0.2, 0) is 13.1 Å². The number of rotatable bonds is 10. The van der Waals surface area contributed by atoms with Gasteiger partial charge in [-0.2, -0.15) is 0 Å². The minimum atomic E-state index is 0. The maximum atomic E-state index is 3.50. The van der Waals surface area contributed by atoms with Crippen molar-refractivity contribution in [3.05, 3.63) is 71.8 Å². The molecular formula is C19H27ClN2. The van der Waals surface area contributed by atoms with Crippen LogP contribution in [0.2, 0.25) is 0 Å². The molecule has 0 amide bonds. The van der Waals surface area contributed by atoms with Gasteiger partial charge in [-0.25, -0.2) is 0 Å². The molecular weight excluding hydrogens is 292 g/mol. The number of unbranched alkanes of at least 4 members (excludes halogenated alkanes) is 2. The number of halogens is 1. The van der Waals surface area contributed by atoms with Gasteiger partial charge in [-0.3, -0.25) is 0 Å². The van der Waals surface area contributed by atoms with E-state index in [1.807, 2.05) is 0 Å². The van der Waals surface area contributed by atoms with Gasteiger partial charge in [-0.05, 0) is 37.1 Å². The number of hydrogen-bond acceptors (Lipinski definition) is 2. The smallest absolute Gasteiger partial charge is 0.0205 e. The molecule has 120 valence electrons. The first-order valence-electron chi connectivity index (χ1n) is 7.94. The molecule has 0 radical (unpaired) electrons. The molecule has 0 atom stereocenters. The first-order chi connectivity index (χ1) is 10.4. The number of nitrogens with one attached hydrogen (secondary N) is 2. The van der Waals surface area contributed by atoms with Crippen molar-refractivity contribution in [1.82, 2.24) is 10.6 Å². The van der Waals surface area contributed by atoms with E-state index in [1.54, 1.807) is 0 Å². The molecule has 0 aromatic heterocycles. The maximum absolute atomic E-state index is 3.50. The van der Waals surface area contributed by atoms with E-state index in [9.17, 15) is 0 Å². The topological polar surface area (TPSA) is 24.1 Å². The van der Waals surface area contributed by atoms with Crippen molar-refractivity contribution in [3.63, 3.8) is 0 Å². The molecule has 0 aliphatic carbocycles. The van der Waals surface area contributed by atoms with Gasteiger partial charge in [0.15, 0.2) is 0 Å². The molecule has 0 heterocycles. The average Bonchev–Trinajstić information content (AvgIpc) is 2.55. The van der Waals surface area contributed by atoms with Crippen molar-refractivity contribution in [2.75, 3.05) is 13.1 Å². The van der Waals surface area contributed by atoms with Crippen molar-refractivity contribution in [3.8, 4) is 0 Å². The summed E-state index contributed by atoms with van der Waals surface area (Å²) in [7, 11) is 0. The number of hydrogen-bond donors (Lipinski definition) is 2. The Morgan fingerprint density at radius 2 is 0.955 bits per heavy atom. The Morgan fingerprint density at radius 3 is 1.36 bits per heavy atom. The molecule has 0 bridgehead atoms. The molecule has 3 heteroatoms. The zero-order valence-electron chi connectivity index (χ0n) is 13.1. The molecule has 2 aromatic rings. The van der Waals surface area contributed by atoms with Crippen LogP contribution < -0.4 is 10.6 Å². The Kier molecular flexibility index (Phi) is 10.4. The standard InChI is InChI=1S/C19H26N2.ClH/c1-4-10-18(11-5-1)16-20-14-8-3-9-15-21-17-19-12-6-2-7-13-19;/h1-2,4-7,10-13,20-21H,3,8-9,14-17H2;1H. The molecule has 0 saturated carbocycles. The molecule has 2 rings (SSSR count). The first kappa shape index (κ1) is 18.7. The lowest BCUT2D eigenvalue weighted by Gasteiger charge is -2.06. The third-order valence-corrected chi connectivity index (χ3v) is 3.55. The zero-order valence-corrected chi connectivity index (χ0v) is 13.9. The van der Waals surface area contributed by atoms with E-state index in [2.05, 4.69) is 71.3 Å². The van der Waals surface area contributed by atoms with Crippen molar-refractivity contribution >= 4 is 12.4 Å². The Hall–Kier alpha value is -1.35. The second-order valence-electron chi connectivity index (χ2n) is 5.39. The van der Waals surface area contributed by atoms with Crippen LogP contribution in [0.1, 0.15) is 30.4 Å². The Morgan fingerprint density at radius 1 is 0.545 bits per heavy atom. The Balaban J connectivity index is 0.00000242. The fourth-order valence-corrected chi connectivity index (χ4v) is 2.33. The monoisotopic (exact) mass is 318 g/mol. The second kappa shape index (κ2) is 12.2. The molecule has 22 heavy (non-hydrogen) atoms. The van der Waals surface area contributed by atoms with Crippen molar-refractivity contribution < 1.29 is 0 Å². The summed E-state index contributed by atoms with van der Waals surface area (Å²) in [6.45, 7) is 4.17. The first-order valence-corrected chi connectivity index (χ1v) is 7.94. The summed E-state index contributed by atoms with van der Waals surface area (Å²) in [6.07, 6.45) is 3.78. The molecule has 2 aromatic carbocycles. The van der Waals surface area contributed by atoms with Crippen LogP contribution in [0.15, 0.2) is 60.7 Å². The summed E-state index contributed by atoms with van der Waals surface area (Å²) in [5.74, 6) is 0. The summed E-state index contributed by atoms with van der Waals surface area (Å²) < 4.78 is 0. The molecule has 0 unspecified atom stereocenters. The minimum Gasteiger partial charge on any atom is -0.313 e. The van der Waals surface area contributed by atoms with Crippen LogP contribution >= 0.6 is 12.4 Å². The van der Waals surface area contributed by atoms with Crippen molar-refractivity contribution in [2.45, 2.75) is 32.4 Å². The third-order valence-electron chi connectivity index (χ3n) is 3.55. The summed E-state index contributed by atoms with van der Waals surface area (Å²) in [5.41, 5.74) is 2.73. The van der Waals surface area contributed by atoms with Gasteiger partial charge in [0, 0.05) is 13.1 Å². The van der Waals surface area contributed by atoms with E-state index in [0.29, 0.717) is 0 Å². The van der Waals surface area contributed by atoms with Gasteiger partial charge >= 0.3 is 0 Å². The Labute approximate surface area is 140 Å². The fourth-order valence-electron chi connectivity index (χ4n) is 2.33. The van der Waals surface area contributed by atoms with E-state index < -0.39 is 0 Å². The van der Waals surface area contributed by atoms with E-state index in [4.69, 9.17) is 0 Å². The molecule has 2 nitrogen and oxygen atoms in total. The Bertz CT molecular complexity index is 428. The van der Waals surface area contributed by atoms with Crippen LogP contribution in [0.5, 0.6) is 0 Å². The molecule has 0 aliphatic rings. The van der Waals surface area contributed by atoms with Gasteiger partial charge in [0.05, 0.1) is 0 Å². The maximum Gasteiger partial charge on any atom is 0.0205 e. The molecule has 0 fully saturated rings. The minimum absolute atomic E-state index is 0. The number of benzene rings is 2. The molecule has 0 aliphatic heterocycles. The summed E-state index contributed by atoms with van der Waals surface area (Å²) in [6, 6.07) is 21.2. The van der Waals surface area contributed by atoms with E-state index in [0.717, 1.165) is 26.2 Å². The quantitative estimate of drug-likeness (QED) is 0.643. The van der Waals surface area contributed by atoms with Crippen LogP contribution in [0.25, 0.3) is 0 Å². The van der Waals surface area contributed by atoms with E-state index >= 15 is 0 Å².